The van der Waals surface area contributed by atoms with Crippen LogP contribution < -0.4 is 15.4 Å². The number of aryl methyl sites for hydroxylation is 2. The summed E-state index contributed by atoms with van der Waals surface area (Å²) in [5, 5.41) is 14.4. The first-order valence-electron chi connectivity index (χ1n) is 11.4. The van der Waals surface area contributed by atoms with E-state index in [2.05, 4.69) is 27.8 Å². The van der Waals surface area contributed by atoms with Crippen molar-refractivity contribution in [2.75, 3.05) is 11.1 Å². The predicted molar refractivity (Wildman–Crippen MR) is 134 cm³/mol. The number of ether oxygens (including phenoxy) is 1. The first-order chi connectivity index (χ1) is 16.8. The summed E-state index contributed by atoms with van der Waals surface area (Å²) >= 11 is 1.22. The lowest BCUT2D eigenvalue weighted by molar-refractivity contribution is -0.127. The van der Waals surface area contributed by atoms with Gasteiger partial charge in [-0.2, -0.15) is 0 Å². The maximum Gasteiger partial charge on any atom is 0.261 e. The molecule has 2 amide bonds. The molecule has 8 nitrogen and oxygen atoms in total. The minimum Gasteiger partial charge on any atom is -0.481 e. The van der Waals surface area contributed by atoms with Crippen LogP contribution in [0.15, 0.2) is 47.6 Å². The quantitative estimate of drug-likeness (QED) is 0.385. The molecule has 3 aromatic rings. The van der Waals surface area contributed by atoms with Gasteiger partial charge in [0.15, 0.2) is 17.1 Å². The number of amides is 2. The maximum absolute atomic E-state index is 13.5. The SMILES string of the molecule is CCc1ccc(O[C@H](C)C(=O)NCc2nnc(SCC(=O)Nc3cc(F)ccc3C)n2CC)cc1. The minimum atomic E-state index is -0.677. The predicted octanol–water partition coefficient (Wildman–Crippen LogP) is 4.12. The van der Waals surface area contributed by atoms with Crippen LogP contribution in [-0.2, 0) is 29.1 Å². The van der Waals surface area contributed by atoms with Gasteiger partial charge in [0.05, 0.1) is 12.3 Å². The molecule has 0 aliphatic carbocycles. The van der Waals surface area contributed by atoms with E-state index in [1.165, 1.54) is 29.5 Å². The lowest BCUT2D eigenvalue weighted by atomic mass is 10.2. The van der Waals surface area contributed by atoms with Gasteiger partial charge in [0.1, 0.15) is 11.6 Å². The molecule has 0 unspecified atom stereocenters. The van der Waals surface area contributed by atoms with Crippen LogP contribution >= 0.6 is 11.8 Å². The summed E-state index contributed by atoms with van der Waals surface area (Å²) in [4.78, 5) is 24.9. The first kappa shape index (κ1) is 26.2. The van der Waals surface area contributed by atoms with E-state index in [1.807, 2.05) is 35.8 Å². The minimum absolute atomic E-state index is 0.0855. The van der Waals surface area contributed by atoms with E-state index in [1.54, 1.807) is 19.9 Å². The molecule has 35 heavy (non-hydrogen) atoms. The number of hydrogen-bond acceptors (Lipinski definition) is 6. The number of nitrogens with zero attached hydrogens (tertiary/aromatic N) is 3. The van der Waals surface area contributed by atoms with Gasteiger partial charge in [-0.25, -0.2) is 4.39 Å². The molecule has 2 aromatic carbocycles. The summed E-state index contributed by atoms with van der Waals surface area (Å²) in [7, 11) is 0. The van der Waals surface area contributed by atoms with Crippen LogP contribution in [-0.4, -0.2) is 38.4 Å². The van der Waals surface area contributed by atoms with Gasteiger partial charge in [-0.15, -0.1) is 10.2 Å². The summed E-state index contributed by atoms with van der Waals surface area (Å²) in [6.45, 7) is 8.24. The van der Waals surface area contributed by atoms with Gasteiger partial charge < -0.3 is 19.9 Å². The van der Waals surface area contributed by atoms with E-state index in [4.69, 9.17) is 4.74 Å². The summed E-state index contributed by atoms with van der Waals surface area (Å²) in [5.74, 6) is 0.333. The zero-order valence-electron chi connectivity index (χ0n) is 20.3. The molecule has 0 radical (unpaired) electrons. The van der Waals surface area contributed by atoms with Gasteiger partial charge in [-0.05, 0) is 62.6 Å². The van der Waals surface area contributed by atoms with Crippen molar-refractivity contribution in [1.82, 2.24) is 20.1 Å². The number of carbonyl (C=O) groups is 2. The van der Waals surface area contributed by atoms with Crippen molar-refractivity contribution in [2.24, 2.45) is 0 Å². The molecular formula is C25H30FN5O3S. The highest BCUT2D eigenvalue weighted by atomic mass is 32.2. The molecular weight excluding hydrogens is 469 g/mol. The second-order valence-corrected chi connectivity index (χ2v) is 8.86. The number of halogens is 1. The Kier molecular flexibility index (Phi) is 9.25. The van der Waals surface area contributed by atoms with Gasteiger partial charge in [0.2, 0.25) is 5.91 Å². The van der Waals surface area contributed by atoms with E-state index < -0.39 is 11.9 Å². The number of hydrogen-bond donors (Lipinski definition) is 2. The van der Waals surface area contributed by atoms with Gasteiger partial charge in [-0.1, -0.05) is 36.9 Å². The lowest BCUT2D eigenvalue weighted by Crippen LogP contribution is -2.36. The third kappa shape index (κ3) is 7.29. The second-order valence-electron chi connectivity index (χ2n) is 7.91. The highest BCUT2D eigenvalue weighted by Crippen LogP contribution is 2.20. The van der Waals surface area contributed by atoms with Crippen molar-refractivity contribution in [2.45, 2.75) is 58.5 Å². The fourth-order valence-electron chi connectivity index (χ4n) is 3.29. The summed E-state index contributed by atoms with van der Waals surface area (Å²) in [6, 6.07) is 11.9. The van der Waals surface area contributed by atoms with Gasteiger partial charge in [0.25, 0.3) is 5.91 Å². The highest BCUT2D eigenvalue weighted by molar-refractivity contribution is 7.99. The Balaban J connectivity index is 1.52. The zero-order chi connectivity index (χ0) is 25.4. The Morgan fingerprint density at radius 1 is 1.14 bits per heavy atom. The molecule has 1 heterocycles. The number of rotatable bonds is 11. The van der Waals surface area contributed by atoms with Crippen LogP contribution in [0.4, 0.5) is 10.1 Å². The number of benzene rings is 2. The zero-order valence-corrected chi connectivity index (χ0v) is 21.1. The molecule has 2 N–H and O–H groups in total. The van der Waals surface area contributed by atoms with E-state index in [0.717, 1.165) is 12.0 Å². The third-order valence-corrected chi connectivity index (χ3v) is 6.32. The van der Waals surface area contributed by atoms with Crippen LogP contribution in [0.25, 0.3) is 0 Å². The van der Waals surface area contributed by atoms with Crippen molar-refractivity contribution in [1.29, 1.82) is 0 Å². The van der Waals surface area contributed by atoms with Gasteiger partial charge in [-0.3, -0.25) is 9.59 Å². The Labute approximate surface area is 208 Å². The smallest absolute Gasteiger partial charge is 0.261 e. The number of anilines is 1. The Bertz CT molecular complexity index is 1170. The number of carbonyl (C=O) groups excluding carboxylic acids is 2. The van der Waals surface area contributed by atoms with E-state index >= 15 is 0 Å². The number of thioether (sulfide) groups is 1. The first-order valence-corrected chi connectivity index (χ1v) is 12.4. The molecule has 10 heteroatoms. The fourth-order valence-corrected chi connectivity index (χ4v) is 4.11. The van der Waals surface area contributed by atoms with Gasteiger partial charge in [0, 0.05) is 12.2 Å². The van der Waals surface area contributed by atoms with Crippen molar-refractivity contribution in [3.8, 4) is 5.75 Å². The second kappa shape index (κ2) is 12.3. The molecule has 0 spiro atoms. The molecule has 0 aliphatic rings. The fraction of sp³-hybridized carbons (Fsp3) is 0.360. The largest absolute Gasteiger partial charge is 0.481 e. The van der Waals surface area contributed by atoms with Crippen LogP contribution in [0.2, 0.25) is 0 Å². The topological polar surface area (TPSA) is 98.1 Å². The van der Waals surface area contributed by atoms with Crippen LogP contribution in [0, 0.1) is 12.7 Å². The maximum atomic E-state index is 13.5. The van der Waals surface area contributed by atoms with Crippen molar-refractivity contribution >= 4 is 29.3 Å². The Morgan fingerprint density at radius 3 is 2.57 bits per heavy atom. The van der Waals surface area contributed by atoms with Crippen molar-refractivity contribution in [3.05, 3.63) is 65.2 Å². The number of nitrogens with one attached hydrogen (secondary N) is 2. The third-order valence-electron chi connectivity index (χ3n) is 5.35. The summed E-state index contributed by atoms with van der Waals surface area (Å²) in [5.41, 5.74) is 2.41. The molecule has 0 saturated heterocycles. The van der Waals surface area contributed by atoms with E-state index in [-0.39, 0.29) is 24.1 Å². The molecule has 0 fully saturated rings. The molecule has 186 valence electrons. The summed E-state index contributed by atoms with van der Waals surface area (Å²) < 4.78 is 21.0. The normalized spacial score (nSPS) is 11.7. The number of aromatic nitrogens is 3. The standard InChI is InChI=1S/C25H30FN5O3S/c1-5-18-8-11-20(12-9-18)34-17(4)24(33)27-14-22-29-30-25(31(22)6-2)35-15-23(32)28-21-13-19(26)10-7-16(21)3/h7-13,17H,5-6,14-15H2,1-4H3,(H,27,33)(H,28,32)/t17-/m1/s1. The monoisotopic (exact) mass is 499 g/mol. The average molecular weight is 500 g/mol. The Morgan fingerprint density at radius 2 is 1.89 bits per heavy atom. The van der Waals surface area contributed by atoms with Crippen molar-refractivity contribution in [3.63, 3.8) is 0 Å². The van der Waals surface area contributed by atoms with E-state index in [0.29, 0.717) is 29.0 Å². The van der Waals surface area contributed by atoms with E-state index in [9.17, 15) is 14.0 Å². The van der Waals surface area contributed by atoms with Crippen molar-refractivity contribution < 1.29 is 18.7 Å². The molecule has 1 aromatic heterocycles. The molecule has 0 bridgehead atoms. The highest BCUT2D eigenvalue weighted by Gasteiger charge is 2.18. The molecule has 3 rings (SSSR count). The molecule has 0 saturated carbocycles. The Hall–Kier alpha value is -3.40. The van der Waals surface area contributed by atoms with Crippen LogP contribution in [0.3, 0.4) is 0 Å². The lowest BCUT2D eigenvalue weighted by Gasteiger charge is -2.15. The summed E-state index contributed by atoms with van der Waals surface area (Å²) in [6.07, 6.45) is 0.260. The average Bonchev–Trinajstić information content (AvgIpc) is 3.25. The van der Waals surface area contributed by atoms with Crippen LogP contribution in [0.1, 0.15) is 37.7 Å². The molecule has 0 aliphatic heterocycles. The van der Waals surface area contributed by atoms with Crippen LogP contribution in [0.5, 0.6) is 5.75 Å². The van der Waals surface area contributed by atoms with Gasteiger partial charge >= 0.3 is 0 Å². The molecule has 1 atom stereocenters.